The molecule has 1 aromatic heterocycles. The van der Waals surface area contributed by atoms with Gasteiger partial charge in [0, 0.05) is 33.2 Å². The van der Waals surface area contributed by atoms with Crippen molar-refractivity contribution in [3.05, 3.63) is 77.9 Å². The Morgan fingerprint density at radius 1 is 0.930 bits per heavy atom. The zero-order valence-corrected chi connectivity index (χ0v) is 24.5. The number of fused-ring (bicyclic) bond motifs is 4. The Morgan fingerprint density at radius 2 is 1.58 bits per heavy atom. The highest BCUT2D eigenvalue weighted by molar-refractivity contribution is 6.00. The van der Waals surface area contributed by atoms with Crippen LogP contribution in [0, 0.1) is 0 Å². The highest BCUT2D eigenvalue weighted by Gasteiger charge is 2.49. The van der Waals surface area contributed by atoms with E-state index in [-0.39, 0.29) is 0 Å². The van der Waals surface area contributed by atoms with Crippen LogP contribution in [0.25, 0.3) is 22.2 Å². The third-order valence-electron chi connectivity index (χ3n) is 8.90. The number of carbonyl (C=O) groups excluding carboxylic acids is 1. The Kier molecular flexibility index (Phi) is 7.81. The summed E-state index contributed by atoms with van der Waals surface area (Å²) in [4.78, 5) is 23.3. The van der Waals surface area contributed by atoms with E-state index in [1.165, 1.54) is 0 Å². The van der Waals surface area contributed by atoms with Crippen LogP contribution < -0.4 is 15.0 Å². The van der Waals surface area contributed by atoms with E-state index in [4.69, 9.17) is 9.72 Å². The smallest absolute Gasteiger partial charge is 0.405 e. The van der Waals surface area contributed by atoms with Gasteiger partial charge in [0.15, 0.2) is 0 Å². The molecule has 10 heteroatoms. The van der Waals surface area contributed by atoms with Crippen LogP contribution in [-0.4, -0.2) is 72.9 Å². The van der Waals surface area contributed by atoms with Gasteiger partial charge in [-0.25, -0.2) is 4.98 Å². The van der Waals surface area contributed by atoms with Crippen molar-refractivity contribution >= 4 is 22.9 Å². The van der Waals surface area contributed by atoms with Gasteiger partial charge >= 0.3 is 6.18 Å². The number of aryl methyl sites for hydroxylation is 1. The Bertz CT molecular complexity index is 1580. The summed E-state index contributed by atoms with van der Waals surface area (Å²) in [6.45, 7) is 2.94. The number of hydrogen-bond acceptors (Lipinski definition) is 5. The summed E-state index contributed by atoms with van der Waals surface area (Å²) in [6, 6.07) is 21.1. The molecule has 3 aromatic carbocycles. The van der Waals surface area contributed by atoms with Gasteiger partial charge in [-0.1, -0.05) is 61.0 Å². The molecule has 1 fully saturated rings. The minimum atomic E-state index is -4.48. The molecular weight excluding hydrogens is 555 g/mol. The maximum Gasteiger partial charge on any atom is 0.405 e. The van der Waals surface area contributed by atoms with Crippen LogP contribution in [0.1, 0.15) is 30.4 Å². The van der Waals surface area contributed by atoms with Crippen molar-refractivity contribution in [3.63, 3.8) is 0 Å². The molecule has 2 aliphatic rings. The Morgan fingerprint density at radius 3 is 2.21 bits per heavy atom. The Labute approximate surface area is 249 Å². The van der Waals surface area contributed by atoms with Gasteiger partial charge in [-0.3, -0.25) is 9.69 Å². The van der Waals surface area contributed by atoms with Crippen LogP contribution in [0.2, 0.25) is 0 Å². The van der Waals surface area contributed by atoms with E-state index in [0.29, 0.717) is 12.8 Å². The predicted molar refractivity (Wildman–Crippen MR) is 161 cm³/mol. The number of alkyl halides is 3. The highest BCUT2D eigenvalue weighted by atomic mass is 19.4. The second kappa shape index (κ2) is 11.6. The Hall–Kier alpha value is -4.05. The lowest BCUT2D eigenvalue weighted by Gasteiger charge is -2.35. The van der Waals surface area contributed by atoms with E-state index in [0.717, 1.165) is 84.1 Å². The van der Waals surface area contributed by atoms with Crippen molar-refractivity contribution in [2.45, 2.75) is 30.9 Å². The number of amides is 1. The van der Waals surface area contributed by atoms with E-state index >= 15 is 0 Å². The molecule has 0 saturated carbocycles. The summed E-state index contributed by atoms with van der Waals surface area (Å²) in [7, 11) is 3.68. The first-order valence-electron chi connectivity index (χ1n) is 14.7. The summed E-state index contributed by atoms with van der Waals surface area (Å²) >= 11 is 0. The number of ether oxygens (including phenoxy) is 1. The maximum atomic E-state index is 13.7. The molecular formula is C33H36F3N5O2. The third kappa shape index (κ3) is 5.33. The largest absolute Gasteiger partial charge is 0.494 e. The molecule has 1 aliphatic carbocycles. The number of hydrogen-bond donors (Lipinski definition) is 1. The fraction of sp³-hybridized carbons (Fsp3) is 0.394. The zero-order valence-electron chi connectivity index (χ0n) is 24.5. The number of aromatic nitrogens is 2. The average Bonchev–Trinajstić information content (AvgIpc) is 3.51. The van der Waals surface area contributed by atoms with Crippen LogP contribution in [0.5, 0.6) is 5.75 Å². The number of benzene rings is 3. The zero-order chi connectivity index (χ0) is 30.2. The molecule has 2 heterocycles. The SMILES string of the molecule is COc1cccc2c1nc(N1CCN(CCCCC3(C(=O)NCC(F)(F)F)c4ccccc4-c4ccccc43)CC1)n2C. The van der Waals surface area contributed by atoms with Gasteiger partial charge in [-0.2, -0.15) is 13.2 Å². The van der Waals surface area contributed by atoms with Crippen molar-refractivity contribution in [1.82, 2.24) is 19.8 Å². The molecule has 1 aliphatic heterocycles. The summed E-state index contributed by atoms with van der Waals surface area (Å²) in [5.41, 5.74) is 4.12. The number of unbranched alkanes of at least 4 members (excludes halogenated alkanes) is 1. The van der Waals surface area contributed by atoms with Crippen molar-refractivity contribution < 1.29 is 22.7 Å². The third-order valence-corrected chi connectivity index (χ3v) is 8.90. The predicted octanol–water partition coefficient (Wildman–Crippen LogP) is 5.52. The number of rotatable bonds is 9. The van der Waals surface area contributed by atoms with Gasteiger partial charge in [0.05, 0.1) is 12.6 Å². The lowest BCUT2D eigenvalue weighted by molar-refractivity contribution is -0.141. The van der Waals surface area contributed by atoms with Crippen molar-refractivity contribution in [1.29, 1.82) is 0 Å². The van der Waals surface area contributed by atoms with Crippen LogP contribution in [0.15, 0.2) is 66.7 Å². The summed E-state index contributed by atoms with van der Waals surface area (Å²) in [5, 5.41) is 2.22. The van der Waals surface area contributed by atoms with Crippen molar-refractivity contribution in [3.8, 4) is 16.9 Å². The monoisotopic (exact) mass is 591 g/mol. The fourth-order valence-corrected chi connectivity index (χ4v) is 6.81. The Balaban J connectivity index is 1.12. The molecule has 1 saturated heterocycles. The molecule has 0 bridgehead atoms. The minimum Gasteiger partial charge on any atom is -0.494 e. The first-order chi connectivity index (χ1) is 20.7. The molecule has 226 valence electrons. The molecule has 0 atom stereocenters. The normalized spacial score (nSPS) is 16.3. The summed E-state index contributed by atoms with van der Waals surface area (Å²) in [6.07, 6.45) is -2.51. The van der Waals surface area contributed by atoms with Gasteiger partial charge in [0.2, 0.25) is 11.9 Å². The number of nitrogens with one attached hydrogen (secondary N) is 1. The van der Waals surface area contributed by atoms with E-state index in [9.17, 15) is 18.0 Å². The second-order valence-electron chi connectivity index (χ2n) is 11.4. The van der Waals surface area contributed by atoms with E-state index in [1.54, 1.807) is 7.11 Å². The van der Waals surface area contributed by atoms with Gasteiger partial charge in [0.1, 0.15) is 23.2 Å². The number of carbonyl (C=O) groups is 1. The summed E-state index contributed by atoms with van der Waals surface area (Å²) < 4.78 is 47.0. The molecule has 0 spiro atoms. The first-order valence-corrected chi connectivity index (χ1v) is 14.7. The molecule has 7 nitrogen and oxygen atoms in total. The minimum absolute atomic E-state index is 0.437. The van der Waals surface area contributed by atoms with Gasteiger partial charge < -0.3 is 19.5 Å². The molecule has 6 rings (SSSR count). The lowest BCUT2D eigenvalue weighted by Crippen LogP contribution is -2.48. The first kappa shape index (κ1) is 29.0. The van der Waals surface area contributed by atoms with Crippen molar-refractivity contribution in [2.75, 3.05) is 51.3 Å². The number of anilines is 1. The van der Waals surface area contributed by atoms with E-state index in [1.807, 2.05) is 73.8 Å². The van der Waals surface area contributed by atoms with Gasteiger partial charge in [-0.05, 0) is 53.8 Å². The number of piperazine rings is 1. The number of halogens is 3. The van der Waals surface area contributed by atoms with Crippen LogP contribution >= 0.6 is 0 Å². The lowest BCUT2D eigenvalue weighted by atomic mass is 9.73. The topological polar surface area (TPSA) is 62.6 Å². The van der Waals surface area contributed by atoms with Crippen LogP contribution in [0.3, 0.4) is 0 Å². The van der Waals surface area contributed by atoms with Gasteiger partial charge in [0.25, 0.3) is 0 Å². The molecule has 1 N–H and O–H groups in total. The maximum absolute atomic E-state index is 13.7. The van der Waals surface area contributed by atoms with Crippen LogP contribution in [-0.2, 0) is 17.3 Å². The van der Waals surface area contributed by atoms with Crippen LogP contribution in [0.4, 0.5) is 19.1 Å². The number of imidazole rings is 1. The second-order valence-corrected chi connectivity index (χ2v) is 11.4. The number of methoxy groups -OCH3 is 1. The number of nitrogens with zero attached hydrogens (tertiary/aromatic N) is 4. The highest BCUT2D eigenvalue weighted by Crippen LogP contribution is 2.51. The molecule has 4 aromatic rings. The number of para-hydroxylation sites is 1. The quantitative estimate of drug-likeness (QED) is 0.260. The van der Waals surface area contributed by atoms with Crippen molar-refractivity contribution in [2.24, 2.45) is 7.05 Å². The summed E-state index contributed by atoms with van der Waals surface area (Å²) in [5.74, 6) is 1.09. The molecule has 43 heavy (non-hydrogen) atoms. The average molecular weight is 592 g/mol. The standard InChI is InChI=1S/C33H36F3N5O2/c1-39-27-14-9-15-28(43-2)29(27)38-31(39)41-20-18-40(19-21-41)17-8-7-16-32(30(42)37-22-33(34,35)36)25-12-5-3-10-23(25)24-11-4-6-13-26(24)32/h3-6,9-15H,7-8,16-22H2,1-2H3,(H,37,42). The molecule has 1 amide bonds. The van der Waals surface area contributed by atoms with E-state index in [2.05, 4.69) is 19.7 Å². The van der Waals surface area contributed by atoms with E-state index < -0.39 is 24.0 Å². The van der Waals surface area contributed by atoms with Gasteiger partial charge in [-0.15, -0.1) is 0 Å². The molecule has 0 radical (unpaired) electrons. The molecule has 0 unspecified atom stereocenters. The fourth-order valence-electron chi connectivity index (χ4n) is 6.81.